The van der Waals surface area contributed by atoms with E-state index >= 15 is 0 Å². The molecule has 0 aliphatic heterocycles. The van der Waals surface area contributed by atoms with Gasteiger partial charge in [0.2, 0.25) is 5.65 Å². The maximum absolute atomic E-state index is 11.5. The zero-order valence-electron chi connectivity index (χ0n) is 9.21. The van der Waals surface area contributed by atoms with Crippen LogP contribution in [0.5, 0.6) is 0 Å². The zero-order valence-corrected chi connectivity index (χ0v) is 9.21. The van der Waals surface area contributed by atoms with E-state index in [1.54, 1.807) is 6.20 Å². The Labute approximate surface area is 91.1 Å². The second kappa shape index (κ2) is 3.96. The van der Waals surface area contributed by atoms with Gasteiger partial charge in [0.25, 0.3) is 0 Å². The largest absolute Gasteiger partial charge is 0.437 e. The Morgan fingerprint density at radius 1 is 1.44 bits per heavy atom. The van der Waals surface area contributed by atoms with Crippen molar-refractivity contribution in [1.82, 2.24) is 14.2 Å². The molecule has 0 aliphatic rings. The summed E-state index contributed by atoms with van der Waals surface area (Å²) >= 11 is 0. The lowest BCUT2D eigenvalue weighted by Gasteiger charge is -2.08. The van der Waals surface area contributed by atoms with Crippen molar-refractivity contribution < 1.29 is 4.42 Å². The molecular weight excluding hydrogens is 210 g/mol. The fraction of sp³-hybridized carbons (Fsp3) is 0.500. The van der Waals surface area contributed by atoms with Crippen molar-refractivity contribution in [2.45, 2.75) is 26.8 Å². The van der Waals surface area contributed by atoms with Crippen LogP contribution in [0.1, 0.15) is 20.3 Å². The maximum atomic E-state index is 11.5. The van der Waals surface area contributed by atoms with Gasteiger partial charge >= 0.3 is 11.4 Å². The molecule has 2 rings (SSSR count). The first-order valence-corrected chi connectivity index (χ1v) is 5.17. The molecule has 0 fully saturated rings. The van der Waals surface area contributed by atoms with Gasteiger partial charge in [-0.25, -0.2) is 23.8 Å². The van der Waals surface area contributed by atoms with Crippen molar-refractivity contribution in [2.75, 3.05) is 0 Å². The van der Waals surface area contributed by atoms with E-state index in [4.69, 9.17) is 0 Å². The molecule has 0 aliphatic carbocycles. The molecule has 0 unspecified atom stereocenters. The first-order chi connectivity index (χ1) is 7.59. The highest BCUT2D eigenvalue weighted by molar-refractivity contribution is 5.30. The van der Waals surface area contributed by atoms with Crippen LogP contribution in [-0.2, 0) is 6.54 Å². The van der Waals surface area contributed by atoms with Gasteiger partial charge in [-0.05, 0) is 12.3 Å². The molecule has 0 radical (unpaired) electrons. The smallest absolute Gasteiger partial charge is 0.369 e. The monoisotopic (exact) mass is 223 g/mol. The van der Waals surface area contributed by atoms with Crippen LogP contribution in [0.15, 0.2) is 26.4 Å². The third kappa shape index (κ3) is 1.78. The number of hydrogen-bond donors (Lipinski definition) is 0. The molecule has 0 atom stereocenters. The number of aryl methyl sites for hydroxylation is 1. The van der Waals surface area contributed by atoms with E-state index in [9.17, 15) is 9.59 Å². The molecule has 6 nitrogen and oxygen atoms in total. The third-order valence-corrected chi connectivity index (χ3v) is 2.37. The van der Waals surface area contributed by atoms with Gasteiger partial charge in [-0.1, -0.05) is 13.8 Å². The van der Waals surface area contributed by atoms with Crippen molar-refractivity contribution in [1.29, 1.82) is 0 Å². The van der Waals surface area contributed by atoms with Crippen LogP contribution in [0.25, 0.3) is 5.65 Å². The van der Waals surface area contributed by atoms with Gasteiger partial charge in [0.05, 0.1) is 0 Å². The molecule has 0 saturated heterocycles. The minimum Gasteiger partial charge on any atom is -0.369 e. The summed E-state index contributed by atoms with van der Waals surface area (Å²) in [4.78, 5) is 26.6. The Hall–Kier alpha value is -1.85. The predicted molar refractivity (Wildman–Crippen MR) is 57.4 cm³/mol. The first kappa shape index (κ1) is 10.7. The predicted octanol–water partition coefficient (Wildman–Crippen LogP) is 0.495. The van der Waals surface area contributed by atoms with Crippen LogP contribution in [0.2, 0.25) is 0 Å². The number of hydrogen-bond acceptors (Lipinski definition) is 4. The number of rotatable bonds is 3. The van der Waals surface area contributed by atoms with Gasteiger partial charge in [-0.3, -0.25) is 0 Å². The van der Waals surface area contributed by atoms with Gasteiger partial charge in [-0.15, -0.1) is 0 Å². The molecule has 0 bridgehead atoms. The van der Waals surface area contributed by atoms with Crippen molar-refractivity contribution in [3.63, 3.8) is 0 Å². The zero-order chi connectivity index (χ0) is 11.7. The minimum atomic E-state index is -0.698. The number of aromatic nitrogens is 3. The van der Waals surface area contributed by atoms with E-state index in [0.29, 0.717) is 12.5 Å². The van der Waals surface area contributed by atoms with Crippen LogP contribution in [0.4, 0.5) is 0 Å². The van der Waals surface area contributed by atoms with E-state index in [1.807, 2.05) is 0 Å². The summed E-state index contributed by atoms with van der Waals surface area (Å²) in [5.74, 6) is -0.173. The molecule has 86 valence electrons. The SMILES string of the molecule is CC(C)CCn1c(=O)oc(=O)c2nccn21. The van der Waals surface area contributed by atoms with E-state index in [-0.39, 0.29) is 5.65 Å². The van der Waals surface area contributed by atoms with Gasteiger partial charge in [0.1, 0.15) is 0 Å². The van der Waals surface area contributed by atoms with Gasteiger partial charge < -0.3 is 4.42 Å². The lowest BCUT2D eigenvalue weighted by Crippen LogP contribution is -2.30. The highest BCUT2D eigenvalue weighted by Gasteiger charge is 2.09. The van der Waals surface area contributed by atoms with Gasteiger partial charge in [0, 0.05) is 18.9 Å². The summed E-state index contributed by atoms with van der Waals surface area (Å²) in [6.45, 7) is 4.64. The average Bonchev–Trinajstić information content (AvgIpc) is 2.65. The highest BCUT2D eigenvalue weighted by atomic mass is 16.4. The topological polar surface area (TPSA) is 69.5 Å². The Morgan fingerprint density at radius 2 is 2.19 bits per heavy atom. The molecule has 0 aromatic carbocycles. The molecule has 0 N–H and O–H groups in total. The van der Waals surface area contributed by atoms with Gasteiger partial charge in [-0.2, -0.15) is 0 Å². The number of imidazole rings is 1. The summed E-state index contributed by atoms with van der Waals surface area (Å²) in [6, 6.07) is 0. The Bertz CT molecular complexity index is 606. The number of nitrogens with zero attached hydrogens (tertiary/aromatic N) is 3. The molecule has 0 saturated carbocycles. The van der Waals surface area contributed by atoms with Crippen molar-refractivity contribution in [3.8, 4) is 0 Å². The Balaban J connectivity index is 2.55. The molecule has 6 heteroatoms. The maximum Gasteiger partial charge on any atom is 0.437 e. The molecule has 2 aromatic rings. The number of fused-ring (bicyclic) bond motifs is 1. The Kier molecular flexibility index (Phi) is 2.64. The summed E-state index contributed by atoms with van der Waals surface area (Å²) in [7, 11) is 0. The van der Waals surface area contributed by atoms with E-state index in [2.05, 4.69) is 23.2 Å². The Morgan fingerprint density at radius 3 is 2.88 bits per heavy atom. The van der Waals surface area contributed by atoms with Crippen LogP contribution in [0, 0.1) is 5.92 Å². The lowest BCUT2D eigenvalue weighted by atomic mass is 10.1. The normalized spacial score (nSPS) is 11.4. The molecule has 2 heterocycles. The van der Waals surface area contributed by atoms with Crippen molar-refractivity contribution in [3.05, 3.63) is 33.4 Å². The van der Waals surface area contributed by atoms with E-state index < -0.39 is 11.4 Å². The standard InChI is InChI=1S/C10H13N3O3/c1-7(2)3-5-13-10(15)16-9(14)8-11-4-6-12(8)13/h4,6-7H,3,5H2,1-2H3. The van der Waals surface area contributed by atoms with Crippen LogP contribution >= 0.6 is 0 Å². The van der Waals surface area contributed by atoms with Gasteiger partial charge in [0.15, 0.2) is 0 Å². The fourth-order valence-electron chi connectivity index (χ4n) is 1.48. The van der Waals surface area contributed by atoms with Crippen LogP contribution in [-0.4, -0.2) is 14.2 Å². The summed E-state index contributed by atoms with van der Waals surface area (Å²) in [6.07, 6.45) is 3.88. The van der Waals surface area contributed by atoms with E-state index in [1.165, 1.54) is 15.4 Å². The molecule has 0 amide bonds. The highest BCUT2D eigenvalue weighted by Crippen LogP contribution is 2.01. The second-order valence-electron chi connectivity index (χ2n) is 4.06. The second-order valence-corrected chi connectivity index (χ2v) is 4.06. The van der Waals surface area contributed by atoms with E-state index in [0.717, 1.165) is 6.42 Å². The molecule has 0 spiro atoms. The van der Waals surface area contributed by atoms with Crippen LogP contribution < -0.4 is 11.4 Å². The molecular formula is C10H13N3O3. The van der Waals surface area contributed by atoms with Crippen molar-refractivity contribution in [2.24, 2.45) is 5.92 Å². The summed E-state index contributed by atoms with van der Waals surface area (Å²) < 4.78 is 7.40. The molecule has 16 heavy (non-hydrogen) atoms. The minimum absolute atomic E-state index is 0.142. The first-order valence-electron chi connectivity index (χ1n) is 5.17. The summed E-state index contributed by atoms with van der Waals surface area (Å²) in [5.41, 5.74) is -0.556. The molecule has 2 aromatic heterocycles. The summed E-state index contributed by atoms with van der Waals surface area (Å²) in [5, 5.41) is 0. The lowest BCUT2D eigenvalue weighted by molar-refractivity contribution is 0.345. The quantitative estimate of drug-likeness (QED) is 0.759. The fourth-order valence-corrected chi connectivity index (χ4v) is 1.48. The van der Waals surface area contributed by atoms with Crippen LogP contribution in [0.3, 0.4) is 0 Å². The van der Waals surface area contributed by atoms with Crippen molar-refractivity contribution >= 4 is 5.65 Å². The average molecular weight is 223 g/mol. The third-order valence-electron chi connectivity index (χ3n) is 2.37.